The summed E-state index contributed by atoms with van der Waals surface area (Å²) in [7, 11) is 4.51. The number of benzene rings is 3. The van der Waals surface area contributed by atoms with Crippen molar-refractivity contribution in [1.29, 1.82) is 0 Å². The molecule has 7 nitrogen and oxygen atoms in total. The lowest BCUT2D eigenvalue weighted by Gasteiger charge is -2.34. The van der Waals surface area contributed by atoms with Gasteiger partial charge in [-0.05, 0) is 41.0 Å². The van der Waals surface area contributed by atoms with Crippen molar-refractivity contribution in [1.82, 2.24) is 4.90 Å². The van der Waals surface area contributed by atoms with Crippen LogP contribution in [-0.2, 0) is 34.0 Å². The van der Waals surface area contributed by atoms with E-state index in [4.69, 9.17) is 18.9 Å². The second-order valence-electron chi connectivity index (χ2n) is 8.14. The van der Waals surface area contributed by atoms with Crippen LogP contribution in [0.25, 0.3) is 0 Å². The molecule has 0 bridgehead atoms. The molecule has 0 unspecified atom stereocenters. The number of hydrogen-bond donors (Lipinski definition) is 1. The van der Waals surface area contributed by atoms with Crippen LogP contribution in [0.5, 0.6) is 11.5 Å². The Morgan fingerprint density at radius 3 is 1.74 bits per heavy atom. The molecule has 3 rings (SSSR count). The third-order valence-corrected chi connectivity index (χ3v) is 5.77. The van der Waals surface area contributed by atoms with Crippen LogP contribution in [0.3, 0.4) is 0 Å². The smallest absolute Gasteiger partial charge is 0.336 e. The van der Waals surface area contributed by atoms with Crippen molar-refractivity contribution in [3.05, 3.63) is 95.6 Å². The Hall–Kier alpha value is -3.39. The quantitative estimate of drug-likeness (QED) is 0.374. The van der Waals surface area contributed by atoms with Gasteiger partial charge in [0.25, 0.3) is 0 Å². The number of esters is 1. The summed E-state index contributed by atoms with van der Waals surface area (Å²) in [6.07, 6.45) is -1.38. The summed E-state index contributed by atoms with van der Waals surface area (Å²) in [6.45, 7) is 1.45. The number of nitrogens with zero attached hydrogens (tertiary/aromatic N) is 1. The first-order valence-corrected chi connectivity index (χ1v) is 11.4. The Morgan fingerprint density at radius 2 is 1.29 bits per heavy atom. The molecule has 0 spiro atoms. The Balaban J connectivity index is 1.85. The first-order chi connectivity index (χ1) is 17.0. The van der Waals surface area contributed by atoms with Gasteiger partial charge in [0.15, 0.2) is 6.10 Å². The van der Waals surface area contributed by atoms with Crippen molar-refractivity contribution < 1.29 is 28.8 Å². The fourth-order valence-corrected chi connectivity index (χ4v) is 3.77. The minimum atomic E-state index is -1.38. The van der Waals surface area contributed by atoms with E-state index in [2.05, 4.69) is 0 Å². The summed E-state index contributed by atoms with van der Waals surface area (Å²) in [6, 6.07) is 24.5. The summed E-state index contributed by atoms with van der Waals surface area (Å²) < 4.78 is 21.4. The van der Waals surface area contributed by atoms with E-state index in [9.17, 15) is 9.90 Å². The maximum absolute atomic E-state index is 12.4. The second kappa shape index (κ2) is 13.5. The zero-order valence-corrected chi connectivity index (χ0v) is 20.4. The first kappa shape index (κ1) is 26.2. The van der Waals surface area contributed by atoms with E-state index in [-0.39, 0.29) is 6.61 Å². The summed E-state index contributed by atoms with van der Waals surface area (Å²) in [5.74, 6) is 0.813. The molecule has 0 aliphatic heterocycles. The van der Waals surface area contributed by atoms with E-state index in [1.165, 1.54) is 7.11 Å². The molecule has 0 saturated carbocycles. The maximum Gasteiger partial charge on any atom is 0.336 e. The highest BCUT2D eigenvalue weighted by atomic mass is 16.5. The zero-order chi connectivity index (χ0) is 25.0. The van der Waals surface area contributed by atoms with Gasteiger partial charge in [0.2, 0.25) is 0 Å². The fraction of sp³-hybridized carbons (Fsp3) is 0.321. The number of methoxy groups -OCH3 is 3. The Kier molecular flexibility index (Phi) is 10.1. The predicted octanol–water partition coefficient (Wildman–Crippen LogP) is 3.83. The molecule has 0 heterocycles. The molecule has 35 heavy (non-hydrogen) atoms. The summed E-state index contributed by atoms with van der Waals surface area (Å²) in [4.78, 5) is 14.4. The molecular weight excluding hydrogens is 446 g/mol. The van der Waals surface area contributed by atoms with Gasteiger partial charge in [-0.1, -0.05) is 54.6 Å². The van der Waals surface area contributed by atoms with Crippen molar-refractivity contribution in [2.45, 2.75) is 31.8 Å². The van der Waals surface area contributed by atoms with Crippen LogP contribution in [0, 0.1) is 0 Å². The number of aliphatic hydroxyl groups is 1. The average Bonchev–Trinajstić information content (AvgIpc) is 2.91. The van der Waals surface area contributed by atoms with Crippen molar-refractivity contribution in [2.75, 3.05) is 27.9 Å². The van der Waals surface area contributed by atoms with Crippen LogP contribution in [-0.4, -0.2) is 56.1 Å². The minimum Gasteiger partial charge on any atom is -0.497 e. The number of carbonyl (C=O) groups is 1. The topological polar surface area (TPSA) is 77.5 Å². The lowest BCUT2D eigenvalue weighted by molar-refractivity contribution is -0.156. The predicted molar refractivity (Wildman–Crippen MR) is 133 cm³/mol. The molecule has 0 aliphatic rings. The van der Waals surface area contributed by atoms with Gasteiger partial charge in [-0.15, -0.1) is 0 Å². The van der Waals surface area contributed by atoms with Crippen LogP contribution >= 0.6 is 0 Å². The maximum atomic E-state index is 12.4. The van der Waals surface area contributed by atoms with Crippen molar-refractivity contribution in [2.24, 2.45) is 0 Å². The summed E-state index contributed by atoms with van der Waals surface area (Å²) >= 11 is 0. The number of rotatable bonds is 13. The molecule has 0 fully saturated rings. The third-order valence-electron chi connectivity index (χ3n) is 5.77. The molecule has 0 aromatic heterocycles. The van der Waals surface area contributed by atoms with Crippen molar-refractivity contribution in [3.8, 4) is 11.5 Å². The molecule has 3 aromatic rings. The van der Waals surface area contributed by atoms with Crippen LogP contribution in [0.2, 0.25) is 0 Å². The highest BCUT2D eigenvalue weighted by Gasteiger charge is 2.32. The Morgan fingerprint density at radius 1 is 0.771 bits per heavy atom. The zero-order valence-electron chi connectivity index (χ0n) is 20.4. The number of carbonyl (C=O) groups excluding carboxylic acids is 1. The van der Waals surface area contributed by atoms with Gasteiger partial charge < -0.3 is 24.1 Å². The molecule has 1 N–H and O–H groups in total. The SMILES string of the molecule is COC(=O)[C@H](O)[C@H](COCc1ccccc1)N(Cc1ccc(OC)cc1)Cc1ccc(OC)cc1. The van der Waals surface area contributed by atoms with Gasteiger partial charge in [0.05, 0.1) is 40.6 Å². The molecule has 3 aromatic carbocycles. The summed E-state index contributed by atoms with van der Waals surface area (Å²) in [5.41, 5.74) is 3.02. The Labute approximate surface area is 206 Å². The van der Waals surface area contributed by atoms with Crippen LogP contribution in [0.15, 0.2) is 78.9 Å². The monoisotopic (exact) mass is 479 g/mol. The number of hydrogen-bond acceptors (Lipinski definition) is 7. The molecular formula is C28H33NO6. The molecule has 2 atom stereocenters. The minimum absolute atomic E-state index is 0.136. The van der Waals surface area contributed by atoms with E-state index in [0.29, 0.717) is 19.7 Å². The highest BCUT2D eigenvalue weighted by molar-refractivity contribution is 5.75. The van der Waals surface area contributed by atoms with E-state index >= 15 is 0 Å². The fourth-order valence-electron chi connectivity index (χ4n) is 3.77. The average molecular weight is 480 g/mol. The van der Waals surface area contributed by atoms with E-state index in [1.807, 2.05) is 83.8 Å². The Bertz CT molecular complexity index is 974. The molecule has 0 saturated heterocycles. The van der Waals surface area contributed by atoms with E-state index < -0.39 is 18.1 Å². The van der Waals surface area contributed by atoms with E-state index in [1.54, 1.807) is 14.2 Å². The highest BCUT2D eigenvalue weighted by Crippen LogP contribution is 2.21. The van der Waals surface area contributed by atoms with Gasteiger partial charge in [0.1, 0.15) is 11.5 Å². The number of ether oxygens (including phenoxy) is 4. The molecule has 7 heteroatoms. The molecule has 0 radical (unpaired) electrons. The molecule has 0 amide bonds. The largest absolute Gasteiger partial charge is 0.497 e. The van der Waals surface area contributed by atoms with Gasteiger partial charge in [-0.25, -0.2) is 4.79 Å². The normalized spacial score (nSPS) is 12.7. The molecule has 0 aliphatic carbocycles. The van der Waals surface area contributed by atoms with Crippen LogP contribution in [0.4, 0.5) is 0 Å². The van der Waals surface area contributed by atoms with E-state index in [0.717, 1.165) is 28.2 Å². The van der Waals surface area contributed by atoms with Gasteiger partial charge in [0, 0.05) is 13.1 Å². The lowest BCUT2D eigenvalue weighted by atomic mass is 10.1. The van der Waals surface area contributed by atoms with Gasteiger partial charge in [-0.2, -0.15) is 0 Å². The molecule has 186 valence electrons. The standard InChI is InChI=1S/C28H33NO6/c1-32-24-13-9-21(10-14-24)17-29(18-22-11-15-25(33-2)16-12-22)26(27(30)28(31)34-3)20-35-19-23-7-5-4-6-8-23/h4-16,26-27,30H,17-20H2,1-3H3/t26-,27+/m0/s1. The lowest BCUT2D eigenvalue weighted by Crippen LogP contribution is -2.49. The van der Waals surface area contributed by atoms with Crippen molar-refractivity contribution in [3.63, 3.8) is 0 Å². The second-order valence-corrected chi connectivity index (χ2v) is 8.14. The van der Waals surface area contributed by atoms with Gasteiger partial charge >= 0.3 is 5.97 Å². The summed E-state index contributed by atoms with van der Waals surface area (Å²) in [5, 5.41) is 10.9. The van der Waals surface area contributed by atoms with Crippen molar-refractivity contribution >= 4 is 5.97 Å². The van der Waals surface area contributed by atoms with Gasteiger partial charge in [-0.3, -0.25) is 4.90 Å². The third kappa shape index (κ3) is 7.82. The van der Waals surface area contributed by atoms with Crippen LogP contribution < -0.4 is 9.47 Å². The van der Waals surface area contributed by atoms with Crippen LogP contribution in [0.1, 0.15) is 16.7 Å². The first-order valence-electron chi connectivity index (χ1n) is 11.4. The number of aliphatic hydroxyl groups excluding tert-OH is 1.